The van der Waals surface area contributed by atoms with E-state index in [1.165, 1.54) is 0 Å². The van der Waals surface area contributed by atoms with E-state index in [0.717, 1.165) is 44.6 Å². The van der Waals surface area contributed by atoms with Crippen LogP contribution in [-0.2, 0) is 10.8 Å². The SMILES string of the molecule is [2H]c1nc(-c2cc(-c3ccccc3)cc(-c3cccc4c3nc(-c3cc(C(C)C)cc(C(C)C)c3O)n4-c3cc(-c4ccccc4)c(C(C)(C)C)cc3-c3ccccc3)c2)c(O)c(-c2c([2H])c([2H])c(C(C([2H])([2H])[2H])(C([2H])([2H])[2H])C([2H])([2H])[2H])c([2H])c2[2H])c1[2H]. The highest BCUT2D eigenvalue weighted by Gasteiger charge is 2.28. The second kappa shape index (κ2) is 19.2. The summed E-state index contributed by atoms with van der Waals surface area (Å²) in [5.74, 6) is -0.383. The number of imidazole rings is 1. The van der Waals surface area contributed by atoms with E-state index in [0.29, 0.717) is 44.7 Å². The van der Waals surface area contributed by atoms with Crippen LogP contribution in [-0.4, -0.2) is 24.7 Å². The molecule has 0 saturated carbocycles. The number of rotatable bonds is 10. The highest BCUT2D eigenvalue weighted by atomic mass is 16.3. The lowest BCUT2D eigenvalue weighted by Gasteiger charge is -2.27. The summed E-state index contributed by atoms with van der Waals surface area (Å²) in [7, 11) is 0. The normalized spacial score (nSPS) is 15.5. The van der Waals surface area contributed by atoms with Crippen LogP contribution in [0.4, 0.5) is 0 Å². The van der Waals surface area contributed by atoms with Crippen LogP contribution >= 0.6 is 0 Å². The molecule has 73 heavy (non-hydrogen) atoms. The molecule has 0 aliphatic heterocycles. The number of hydrogen-bond acceptors (Lipinski definition) is 4. The molecule has 0 radical (unpaired) electrons. The number of phenolic OH excluding ortho intramolecular Hbond substituents is 1. The first-order valence-corrected chi connectivity index (χ1v) is 24.4. The second-order valence-electron chi connectivity index (χ2n) is 20.2. The molecule has 2 heterocycles. The average Bonchev–Trinajstić information content (AvgIpc) is 1.06. The Morgan fingerprint density at radius 1 is 0.507 bits per heavy atom. The fourth-order valence-corrected chi connectivity index (χ4v) is 9.57. The van der Waals surface area contributed by atoms with Crippen molar-refractivity contribution in [3.63, 3.8) is 0 Å². The largest absolute Gasteiger partial charge is 0.507 e. The molecule has 10 rings (SSSR count). The zero-order valence-corrected chi connectivity index (χ0v) is 41.8. The van der Waals surface area contributed by atoms with Crippen molar-refractivity contribution >= 4 is 11.0 Å². The lowest BCUT2D eigenvalue weighted by Crippen LogP contribution is -2.14. The Kier molecular flexibility index (Phi) is 8.83. The number of hydrogen-bond donors (Lipinski definition) is 2. The second-order valence-corrected chi connectivity index (χ2v) is 20.2. The van der Waals surface area contributed by atoms with Gasteiger partial charge < -0.3 is 10.2 Å². The Hall–Kier alpha value is -8.02. The molecule has 364 valence electrons. The molecule has 0 bridgehead atoms. The molecule has 5 heteroatoms. The van der Waals surface area contributed by atoms with Gasteiger partial charge in [-0.15, -0.1) is 0 Å². The molecule has 0 fully saturated rings. The maximum Gasteiger partial charge on any atom is 0.149 e. The fourth-order valence-electron chi connectivity index (χ4n) is 9.57. The number of nitrogens with zero attached hydrogens (tertiary/aromatic N) is 3. The van der Waals surface area contributed by atoms with Crippen molar-refractivity contribution in [3.05, 3.63) is 210 Å². The summed E-state index contributed by atoms with van der Waals surface area (Å²) in [6, 6.07) is 43.2. The minimum Gasteiger partial charge on any atom is -0.507 e. The highest BCUT2D eigenvalue weighted by Crippen LogP contribution is 2.47. The molecular formula is C68H65N3O2. The monoisotopic (exact) mass is 971 g/mol. The minimum atomic E-state index is -3.95. The molecule has 0 saturated heterocycles. The predicted octanol–water partition coefficient (Wildman–Crippen LogP) is 18.3. The van der Waals surface area contributed by atoms with E-state index >= 15 is 0 Å². The van der Waals surface area contributed by atoms with Gasteiger partial charge in [-0.25, -0.2) is 4.98 Å². The van der Waals surface area contributed by atoms with Crippen molar-refractivity contribution in [1.82, 2.24) is 14.5 Å². The molecule has 0 amide bonds. The van der Waals surface area contributed by atoms with Crippen LogP contribution in [0.5, 0.6) is 11.5 Å². The van der Waals surface area contributed by atoms with Crippen LogP contribution in [0.2, 0.25) is 0 Å². The van der Waals surface area contributed by atoms with E-state index in [1.54, 1.807) is 12.1 Å². The Morgan fingerprint density at radius 2 is 1.12 bits per heavy atom. The summed E-state index contributed by atoms with van der Waals surface area (Å²) in [5, 5.41) is 25.3. The Bertz CT molecular complexity index is 4290. The summed E-state index contributed by atoms with van der Waals surface area (Å²) in [6.45, 7) is 3.00. The number of benzene rings is 8. The van der Waals surface area contributed by atoms with Gasteiger partial charge in [0.15, 0.2) is 0 Å². The van der Waals surface area contributed by atoms with E-state index in [1.807, 2.05) is 117 Å². The molecule has 8 aromatic carbocycles. The zero-order chi connectivity index (χ0) is 64.1. The summed E-state index contributed by atoms with van der Waals surface area (Å²) in [6.07, 6.45) is -0.784. The summed E-state index contributed by atoms with van der Waals surface area (Å²) >= 11 is 0. The first-order valence-electron chi connectivity index (χ1n) is 31.9. The van der Waals surface area contributed by atoms with Gasteiger partial charge in [0, 0.05) is 40.8 Å². The van der Waals surface area contributed by atoms with Gasteiger partial charge in [0.1, 0.15) is 23.0 Å². The van der Waals surface area contributed by atoms with Crippen molar-refractivity contribution in [1.29, 1.82) is 0 Å². The first kappa shape index (κ1) is 33.6. The van der Waals surface area contributed by atoms with Crippen LogP contribution in [0.3, 0.4) is 0 Å². The van der Waals surface area contributed by atoms with Crippen LogP contribution in [0, 0.1) is 0 Å². The maximum atomic E-state index is 12.7. The van der Waals surface area contributed by atoms with Crippen LogP contribution in [0.25, 0.3) is 95.0 Å². The molecule has 0 aliphatic carbocycles. The molecule has 0 unspecified atom stereocenters. The van der Waals surface area contributed by atoms with Gasteiger partial charge in [0.25, 0.3) is 0 Å². The number of pyridine rings is 1. The topological polar surface area (TPSA) is 71.2 Å². The molecule has 0 spiro atoms. The molecule has 10 aromatic rings. The summed E-state index contributed by atoms with van der Waals surface area (Å²) in [5.41, 5.74) is 4.05. The Labute approximate surface area is 452 Å². The lowest BCUT2D eigenvalue weighted by atomic mass is 9.79. The molecule has 0 aliphatic rings. The molecule has 2 N–H and O–H groups in total. The Morgan fingerprint density at radius 3 is 1.74 bits per heavy atom. The standard InChI is InChI=1S/C68H65N3O2/c1-42(2)48-38-55(43(3)4)64(72)58(39-48)66-70-63-53(27-20-28-60(63)71(66)61-41-56(45-23-16-12-17-24-45)59(68(8,9)10)40-57(61)46-25-18-13-19-26-46)50-35-49(44-21-14-11-15-22-44)36-51(37-50)62-65(73)54(33-34-69-62)47-29-31-52(32-30-47)67(5,6)7/h11-43,72-73H,1-10H3/i5D3,6D3,7D3,29D,30D,31D,32D,33D,34D. The molecular weight excluding hydrogens is 891 g/mol. The van der Waals surface area contributed by atoms with Crippen LogP contribution < -0.4 is 0 Å². The number of phenols is 1. The third kappa shape index (κ3) is 9.37. The van der Waals surface area contributed by atoms with Gasteiger partial charge in [0.2, 0.25) is 0 Å². The van der Waals surface area contributed by atoms with Crippen molar-refractivity contribution in [2.75, 3.05) is 0 Å². The number of aromatic hydroxyl groups is 2. The minimum absolute atomic E-state index is 0.0606. The van der Waals surface area contributed by atoms with Crippen molar-refractivity contribution in [3.8, 4) is 95.5 Å². The van der Waals surface area contributed by atoms with E-state index < -0.39 is 84.8 Å². The van der Waals surface area contributed by atoms with Gasteiger partial charge >= 0.3 is 0 Å². The first-order chi connectivity index (χ1) is 41.2. The smallest absolute Gasteiger partial charge is 0.149 e. The quantitative estimate of drug-likeness (QED) is 0.143. The van der Waals surface area contributed by atoms with E-state index in [2.05, 4.69) is 80.6 Å². The van der Waals surface area contributed by atoms with Gasteiger partial charge in [-0.3, -0.25) is 9.55 Å². The van der Waals surface area contributed by atoms with Crippen molar-refractivity contribution in [2.45, 2.75) is 91.7 Å². The maximum absolute atomic E-state index is 12.7. The van der Waals surface area contributed by atoms with Gasteiger partial charge in [-0.2, -0.15) is 0 Å². The molecule has 2 aromatic heterocycles. The third-order valence-electron chi connectivity index (χ3n) is 13.4. The lowest BCUT2D eigenvalue weighted by molar-refractivity contribution is 0.466. The van der Waals surface area contributed by atoms with E-state index in [-0.39, 0.29) is 34.3 Å². The molecule has 5 nitrogen and oxygen atoms in total. The van der Waals surface area contributed by atoms with Crippen LogP contribution in [0.15, 0.2) is 188 Å². The van der Waals surface area contributed by atoms with E-state index in [4.69, 9.17) is 22.8 Å². The van der Waals surface area contributed by atoms with Crippen LogP contribution in [0.1, 0.15) is 124 Å². The highest BCUT2D eigenvalue weighted by molar-refractivity contribution is 5.99. The van der Waals surface area contributed by atoms with Gasteiger partial charge in [0.05, 0.1) is 30.5 Å². The third-order valence-corrected chi connectivity index (χ3v) is 13.4. The van der Waals surface area contributed by atoms with Crippen molar-refractivity contribution in [2.24, 2.45) is 0 Å². The predicted molar refractivity (Wildman–Crippen MR) is 306 cm³/mol. The molecule has 0 atom stereocenters. The fraction of sp³-hybridized carbons (Fsp3) is 0.206. The zero-order valence-electron chi connectivity index (χ0n) is 56.8. The summed E-state index contributed by atoms with van der Waals surface area (Å²) < 4.78 is 132. The Balaban J connectivity index is 1.31. The van der Waals surface area contributed by atoms with E-state index in [9.17, 15) is 13.0 Å². The summed E-state index contributed by atoms with van der Waals surface area (Å²) in [4.78, 5) is 10.0. The number of fused-ring (bicyclic) bond motifs is 1. The van der Waals surface area contributed by atoms with Gasteiger partial charge in [-0.1, -0.05) is 202 Å². The number of para-hydroxylation sites is 1. The average molecular weight is 971 g/mol. The van der Waals surface area contributed by atoms with Crippen molar-refractivity contribution < 1.29 is 30.8 Å². The number of aromatic nitrogens is 3. The van der Waals surface area contributed by atoms with Gasteiger partial charge in [-0.05, 0) is 132 Å².